The van der Waals surface area contributed by atoms with Crippen molar-refractivity contribution in [3.8, 4) is 0 Å². The van der Waals surface area contributed by atoms with Crippen LogP contribution in [0.25, 0.3) is 0 Å². The van der Waals surface area contributed by atoms with Gasteiger partial charge >= 0.3 is 0 Å². The average molecular weight is 299 g/mol. The second kappa shape index (κ2) is 8.50. The van der Waals surface area contributed by atoms with Gasteiger partial charge in [0.2, 0.25) is 0 Å². The molecule has 126 valence electrons. The predicted octanol–water partition coefficient (Wildman–Crippen LogP) is 4.01. The van der Waals surface area contributed by atoms with Gasteiger partial charge in [-0.25, -0.2) is 0 Å². The molecule has 0 unspecified atom stereocenters. The van der Waals surface area contributed by atoms with Crippen molar-refractivity contribution >= 4 is 0 Å². The maximum atomic E-state index is 5.84. The second-order valence-electron chi connectivity index (χ2n) is 8.76. The Morgan fingerprint density at radius 1 is 1.00 bits per heavy atom. The molecule has 21 heavy (non-hydrogen) atoms. The van der Waals surface area contributed by atoms with Crippen LogP contribution in [0.1, 0.15) is 67.2 Å². The fourth-order valence-electron chi connectivity index (χ4n) is 2.55. The van der Waals surface area contributed by atoms with Gasteiger partial charge in [-0.3, -0.25) is 0 Å². The van der Waals surface area contributed by atoms with Gasteiger partial charge in [0.1, 0.15) is 0 Å². The van der Waals surface area contributed by atoms with E-state index in [4.69, 9.17) is 9.47 Å². The highest BCUT2D eigenvalue weighted by molar-refractivity contribution is 4.80. The molecule has 1 aliphatic rings. The molecule has 0 aromatic heterocycles. The van der Waals surface area contributed by atoms with Crippen molar-refractivity contribution in [1.29, 1.82) is 0 Å². The van der Waals surface area contributed by atoms with E-state index >= 15 is 0 Å². The summed E-state index contributed by atoms with van der Waals surface area (Å²) in [5.74, 6) is 0.882. The third-order valence-corrected chi connectivity index (χ3v) is 3.75. The lowest BCUT2D eigenvalue weighted by atomic mass is 9.79. The number of ether oxygens (including phenoxy) is 2. The van der Waals surface area contributed by atoms with Crippen LogP contribution in [-0.2, 0) is 9.47 Å². The van der Waals surface area contributed by atoms with E-state index in [1.165, 1.54) is 25.7 Å². The zero-order valence-electron chi connectivity index (χ0n) is 15.1. The van der Waals surface area contributed by atoms with Crippen LogP contribution in [0, 0.1) is 11.3 Å². The number of hydrogen-bond donors (Lipinski definition) is 1. The van der Waals surface area contributed by atoms with E-state index in [9.17, 15) is 0 Å². The van der Waals surface area contributed by atoms with Gasteiger partial charge in [0.15, 0.2) is 0 Å². The van der Waals surface area contributed by atoms with E-state index in [1.807, 2.05) is 0 Å². The van der Waals surface area contributed by atoms with E-state index in [1.54, 1.807) is 0 Å². The van der Waals surface area contributed by atoms with Gasteiger partial charge < -0.3 is 14.8 Å². The van der Waals surface area contributed by atoms with Crippen LogP contribution in [0.3, 0.4) is 0 Å². The topological polar surface area (TPSA) is 30.5 Å². The quantitative estimate of drug-likeness (QED) is 0.652. The summed E-state index contributed by atoms with van der Waals surface area (Å²) in [6.45, 7) is 16.7. The Labute approximate surface area is 132 Å². The summed E-state index contributed by atoms with van der Waals surface area (Å²) < 4.78 is 11.5. The molecule has 3 heteroatoms. The maximum Gasteiger partial charge on any atom is 0.0704 e. The third kappa shape index (κ3) is 10.3. The largest absolute Gasteiger partial charge is 0.379 e. The molecule has 1 aliphatic carbocycles. The predicted molar refractivity (Wildman–Crippen MR) is 89.7 cm³/mol. The first kappa shape index (κ1) is 18.9. The standard InChI is InChI=1S/C18H37NO2/c1-17(2,3)14-20-10-11-21-16-12-15(13-16)8-7-9-19-18(4,5)6/h15-16,19H,7-14H2,1-6H3/t15-,16-. The fourth-order valence-corrected chi connectivity index (χ4v) is 2.55. The molecule has 0 aromatic rings. The molecule has 1 N–H and O–H groups in total. The molecule has 0 amide bonds. The minimum Gasteiger partial charge on any atom is -0.379 e. The second-order valence-corrected chi connectivity index (χ2v) is 8.76. The molecule has 0 radical (unpaired) electrons. The highest BCUT2D eigenvalue weighted by atomic mass is 16.5. The van der Waals surface area contributed by atoms with Crippen LogP contribution in [0.5, 0.6) is 0 Å². The van der Waals surface area contributed by atoms with E-state index in [-0.39, 0.29) is 11.0 Å². The first-order valence-corrected chi connectivity index (χ1v) is 8.60. The lowest BCUT2D eigenvalue weighted by molar-refractivity contribution is -0.0604. The molecule has 1 fully saturated rings. The Hall–Kier alpha value is -0.120. The fraction of sp³-hybridized carbons (Fsp3) is 1.00. The normalized spacial score (nSPS) is 23.1. The molecular formula is C18H37NO2. The van der Waals surface area contributed by atoms with Gasteiger partial charge in [0.05, 0.1) is 25.9 Å². The molecule has 0 bridgehead atoms. The average Bonchev–Trinajstić information content (AvgIpc) is 2.25. The number of hydrogen-bond acceptors (Lipinski definition) is 3. The molecule has 1 saturated carbocycles. The summed E-state index contributed by atoms with van der Waals surface area (Å²) >= 11 is 0. The third-order valence-electron chi connectivity index (χ3n) is 3.75. The number of rotatable bonds is 9. The van der Waals surface area contributed by atoms with E-state index in [2.05, 4.69) is 46.9 Å². The SMILES string of the molecule is CC(C)(C)COCCO[C@H]1C[C@H](CCCNC(C)(C)C)C1. The van der Waals surface area contributed by atoms with E-state index in [0.29, 0.717) is 6.10 Å². The summed E-state index contributed by atoms with van der Waals surface area (Å²) in [6.07, 6.45) is 5.60. The first-order chi connectivity index (χ1) is 9.66. The Kier molecular flexibility index (Phi) is 7.66. The smallest absolute Gasteiger partial charge is 0.0704 e. The van der Waals surface area contributed by atoms with Crippen LogP contribution in [-0.4, -0.2) is 38.0 Å². The zero-order chi connectivity index (χ0) is 15.9. The van der Waals surface area contributed by atoms with Crippen molar-refractivity contribution < 1.29 is 9.47 Å². The molecule has 0 aliphatic heterocycles. The summed E-state index contributed by atoms with van der Waals surface area (Å²) in [6, 6.07) is 0. The molecule has 1 rings (SSSR count). The lowest BCUT2D eigenvalue weighted by Gasteiger charge is -2.35. The minimum absolute atomic E-state index is 0.248. The van der Waals surface area contributed by atoms with E-state index in [0.717, 1.165) is 32.3 Å². The van der Waals surface area contributed by atoms with Crippen molar-refractivity contribution in [2.24, 2.45) is 11.3 Å². The van der Waals surface area contributed by atoms with Gasteiger partial charge in [-0.15, -0.1) is 0 Å². The summed E-state index contributed by atoms with van der Waals surface area (Å²) in [5.41, 5.74) is 0.501. The van der Waals surface area contributed by atoms with Gasteiger partial charge in [-0.2, -0.15) is 0 Å². The van der Waals surface area contributed by atoms with Crippen molar-refractivity contribution in [2.75, 3.05) is 26.4 Å². The van der Waals surface area contributed by atoms with Crippen LogP contribution in [0.15, 0.2) is 0 Å². The Morgan fingerprint density at radius 3 is 2.24 bits per heavy atom. The summed E-state index contributed by atoms with van der Waals surface area (Å²) in [4.78, 5) is 0. The monoisotopic (exact) mass is 299 g/mol. The van der Waals surface area contributed by atoms with Crippen molar-refractivity contribution in [2.45, 2.75) is 78.9 Å². The minimum atomic E-state index is 0.248. The van der Waals surface area contributed by atoms with E-state index < -0.39 is 0 Å². The van der Waals surface area contributed by atoms with Gasteiger partial charge in [0, 0.05) is 5.54 Å². The van der Waals surface area contributed by atoms with Crippen molar-refractivity contribution in [3.63, 3.8) is 0 Å². The summed E-state index contributed by atoms with van der Waals surface area (Å²) in [7, 11) is 0. The highest BCUT2D eigenvalue weighted by Crippen LogP contribution is 2.33. The molecule has 0 spiro atoms. The zero-order valence-corrected chi connectivity index (χ0v) is 15.1. The van der Waals surface area contributed by atoms with Gasteiger partial charge in [-0.05, 0) is 64.3 Å². The van der Waals surface area contributed by atoms with Crippen LogP contribution in [0.4, 0.5) is 0 Å². The van der Waals surface area contributed by atoms with Crippen LogP contribution < -0.4 is 5.32 Å². The highest BCUT2D eigenvalue weighted by Gasteiger charge is 2.29. The Bertz CT molecular complexity index is 272. The summed E-state index contributed by atoms with van der Waals surface area (Å²) in [5, 5.41) is 3.55. The molecule has 0 heterocycles. The van der Waals surface area contributed by atoms with Gasteiger partial charge in [-0.1, -0.05) is 20.8 Å². The molecular weight excluding hydrogens is 262 g/mol. The maximum absolute atomic E-state index is 5.84. The molecule has 3 nitrogen and oxygen atoms in total. The van der Waals surface area contributed by atoms with Crippen LogP contribution >= 0.6 is 0 Å². The van der Waals surface area contributed by atoms with Crippen LogP contribution in [0.2, 0.25) is 0 Å². The molecule has 0 atom stereocenters. The molecule has 0 saturated heterocycles. The van der Waals surface area contributed by atoms with Gasteiger partial charge in [0.25, 0.3) is 0 Å². The lowest BCUT2D eigenvalue weighted by Crippen LogP contribution is -2.37. The number of nitrogens with one attached hydrogen (secondary N) is 1. The van der Waals surface area contributed by atoms with Crippen molar-refractivity contribution in [3.05, 3.63) is 0 Å². The Morgan fingerprint density at radius 2 is 1.67 bits per heavy atom. The van der Waals surface area contributed by atoms with Crippen molar-refractivity contribution in [1.82, 2.24) is 5.32 Å². The first-order valence-electron chi connectivity index (χ1n) is 8.60. The Balaban J connectivity index is 1.88. The molecule has 0 aromatic carbocycles.